The fourth-order valence-electron chi connectivity index (χ4n) is 3.12. The first-order chi connectivity index (χ1) is 8.60. The van der Waals surface area contributed by atoms with Crippen molar-refractivity contribution in [3.8, 4) is 0 Å². The van der Waals surface area contributed by atoms with Crippen LogP contribution in [0, 0.1) is 5.92 Å². The van der Waals surface area contributed by atoms with Crippen LogP contribution in [-0.2, 0) is 11.2 Å². The van der Waals surface area contributed by atoms with Crippen molar-refractivity contribution in [2.24, 2.45) is 11.7 Å². The number of carbonyl (C=O) groups is 1. The van der Waals surface area contributed by atoms with E-state index in [1.165, 1.54) is 5.56 Å². The molecule has 2 N–H and O–H groups in total. The molecule has 0 amide bonds. The standard InChI is InChI=1S/C15H20N2O/c1-15(16,11-7-8-11)14(18)12-6-2-4-10-5-3-9-17-13(10)12/h3,5,9,11-12H,2,4,6-8,16H2,1H3. The molecular formula is C15H20N2O. The van der Waals surface area contributed by atoms with Gasteiger partial charge in [-0.2, -0.15) is 0 Å². The van der Waals surface area contributed by atoms with Gasteiger partial charge in [0.25, 0.3) is 0 Å². The Morgan fingerprint density at radius 2 is 2.22 bits per heavy atom. The van der Waals surface area contributed by atoms with E-state index in [-0.39, 0.29) is 11.7 Å². The van der Waals surface area contributed by atoms with E-state index in [1.807, 2.05) is 13.0 Å². The zero-order valence-corrected chi connectivity index (χ0v) is 10.9. The summed E-state index contributed by atoms with van der Waals surface area (Å²) in [5.41, 5.74) is 7.83. The summed E-state index contributed by atoms with van der Waals surface area (Å²) in [6, 6.07) is 4.04. The fraction of sp³-hybridized carbons (Fsp3) is 0.600. The average Bonchev–Trinajstić information content (AvgIpc) is 3.22. The number of pyridine rings is 1. The summed E-state index contributed by atoms with van der Waals surface area (Å²) in [6.45, 7) is 1.91. The van der Waals surface area contributed by atoms with Gasteiger partial charge in [-0.15, -0.1) is 0 Å². The molecule has 0 bridgehead atoms. The van der Waals surface area contributed by atoms with Gasteiger partial charge in [-0.1, -0.05) is 6.07 Å². The van der Waals surface area contributed by atoms with Crippen LogP contribution in [0.3, 0.4) is 0 Å². The Morgan fingerprint density at radius 1 is 1.44 bits per heavy atom. The summed E-state index contributed by atoms with van der Waals surface area (Å²) >= 11 is 0. The zero-order valence-electron chi connectivity index (χ0n) is 10.9. The van der Waals surface area contributed by atoms with Crippen LogP contribution in [0.4, 0.5) is 0 Å². The first-order valence-electron chi connectivity index (χ1n) is 6.87. The maximum absolute atomic E-state index is 12.7. The third-order valence-electron chi connectivity index (χ3n) is 4.47. The molecule has 3 nitrogen and oxygen atoms in total. The van der Waals surface area contributed by atoms with Crippen molar-refractivity contribution >= 4 is 5.78 Å². The van der Waals surface area contributed by atoms with E-state index in [2.05, 4.69) is 11.1 Å². The van der Waals surface area contributed by atoms with E-state index in [9.17, 15) is 4.79 Å². The van der Waals surface area contributed by atoms with Gasteiger partial charge in [0.2, 0.25) is 0 Å². The Morgan fingerprint density at radius 3 is 2.94 bits per heavy atom. The molecule has 0 spiro atoms. The molecule has 2 aliphatic carbocycles. The lowest BCUT2D eigenvalue weighted by molar-refractivity contribution is -0.126. The minimum atomic E-state index is -0.656. The third-order valence-corrected chi connectivity index (χ3v) is 4.47. The van der Waals surface area contributed by atoms with Gasteiger partial charge in [-0.05, 0) is 56.6 Å². The van der Waals surface area contributed by atoms with Gasteiger partial charge in [0, 0.05) is 6.20 Å². The second kappa shape index (κ2) is 4.16. The van der Waals surface area contributed by atoms with Crippen molar-refractivity contribution in [1.29, 1.82) is 0 Å². The van der Waals surface area contributed by atoms with Crippen molar-refractivity contribution in [3.05, 3.63) is 29.6 Å². The van der Waals surface area contributed by atoms with Gasteiger partial charge in [-0.3, -0.25) is 9.78 Å². The summed E-state index contributed by atoms with van der Waals surface area (Å²) in [5.74, 6) is 0.509. The van der Waals surface area contributed by atoms with Gasteiger partial charge in [0.1, 0.15) is 0 Å². The van der Waals surface area contributed by atoms with Crippen LogP contribution < -0.4 is 5.73 Å². The maximum atomic E-state index is 12.7. The van der Waals surface area contributed by atoms with Crippen LogP contribution in [0.25, 0.3) is 0 Å². The maximum Gasteiger partial charge on any atom is 0.161 e. The number of ketones is 1. The van der Waals surface area contributed by atoms with Crippen molar-refractivity contribution in [3.63, 3.8) is 0 Å². The Hall–Kier alpha value is -1.22. The van der Waals surface area contributed by atoms with E-state index < -0.39 is 5.54 Å². The summed E-state index contributed by atoms with van der Waals surface area (Å²) in [5, 5.41) is 0. The largest absolute Gasteiger partial charge is 0.319 e. The average molecular weight is 244 g/mol. The summed E-state index contributed by atoms with van der Waals surface area (Å²) in [6.07, 6.45) is 6.99. The molecule has 1 aromatic heterocycles. The molecule has 3 heteroatoms. The SMILES string of the molecule is CC(N)(C(=O)C1CCCc2cccnc21)C1CC1. The highest BCUT2D eigenvalue weighted by atomic mass is 16.1. The molecule has 1 aromatic rings. The van der Waals surface area contributed by atoms with Gasteiger partial charge in [-0.25, -0.2) is 0 Å². The number of aryl methyl sites for hydroxylation is 1. The second-order valence-corrected chi connectivity index (χ2v) is 5.91. The van der Waals surface area contributed by atoms with Gasteiger partial charge < -0.3 is 5.73 Å². The molecule has 0 saturated heterocycles. The Labute approximate surface area is 108 Å². The van der Waals surface area contributed by atoms with E-state index in [1.54, 1.807) is 6.20 Å². The first-order valence-corrected chi connectivity index (χ1v) is 6.87. The molecule has 1 fully saturated rings. The summed E-state index contributed by atoms with van der Waals surface area (Å²) in [7, 11) is 0. The number of nitrogens with two attached hydrogens (primary N) is 1. The number of aromatic nitrogens is 1. The Bertz CT molecular complexity index is 477. The van der Waals surface area contributed by atoms with Gasteiger partial charge in [0.05, 0.1) is 17.2 Å². The fourth-order valence-corrected chi connectivity index (χ4v) is 3.12. The number of rotatable bonds is 3. The van der Waals surface area contributed by atoms with E-state index in [0.717, 1.165) is 37.8 Å². The third kappa shape index (κ3) is 1.87. The molecule has 0 aliphatic heterocycles. The van der Waals surface area contributed by atoms with Crippen molar-refractivity contribution in [2.75, 3.05) is 0 Å². The monoisotopic (exact) mass is 244 g/mol. The van der Waals surface area contributed by atoms with Crippen LogP contribution in [0.1, 0.15) is 49.8 Å². The lowest BCUT2D eigenvalue weighted by Crippen LogP contribution is -2.50. The number of carbonyl (C=O) groups excluding carboxylic acids is 1. The highest BCUT2D eigenvalue weighted by Crippen LogP contribution is 2.42. The van der Waals surface area contributed by atoms with Crippen molar-refractivity contribution in [1.82, 2.24) is 4.98 Å². The highest BCUT2D eigenvalue weighted by molar-refractivity contribution is 5.94. The quantitative estimate of drug-likeness (QED) is 0.886. The molecule has 0 radical (unpaired) electrons. The number of hydrogen-bond acceptors (Lipinski definition) is 3. The van der Waals surface area contributed by atoms with E-state index in [4.69, 9.17) is 5.73 Å². The Balaban J connectivity index is 1.91. The number of Topliss-reactive ketones (excluding diaryl/α,β-unsaturated/α-hetero) is 1. The van der Waals surface area contributed by atoms with Crippen LogP contribution in [0.2, 0.25) is 0 Å². The molecule has 2 aliphatic rings. The molecule has 3 rings (SSSR count). The molecule has 1 saturated carbocycles. The minimum Gasteiger partial charge on any atom is -0.319 e. The van der Waals surface area contributed by atoms with Gasteiger partial charge in [0.15, 0.2) is 5.78 Å². The minimum absolute atomic E-state index is 0.0782. The Kier molecular flexibility index (Phi) is 2.74. The lowest BCUT2D eigenvalue weighted by Gasteiger charge is -2.31. The van der Waals surface area contributed by atoms with Crippen LogP contribution in [0.15, 0.2) is 18.3 Å². The topological polar surface area (TPSA) is 56.0 Å². The predicted octanol–water partition coefficient (Wildman–Crippen LogP) is 2.20. The molecule has 1 heterocycles. The number of nitrogens with zero attached hydrogens (tertiary/aromatic N) is 1. The smallest absolute Gasteiger partial charge is 0.161 e. The molecule has 96 valence electrons. The lowest BCUT2D eigenvalue weighted by atomic mass is 9.76. The van der Waals surface area contributed by atoms with Crippen LogP contribution >= 0.6 is 0 Å². The van der Waals surface area contributed by atoms with E-state index >= 15 is 0 Å². The number of fused-ring (bicyclic) bond motifs is 1. The second-order valence-electron chi connectivity index (χ2n) is 5.91. The molecular weight excluding hydrogens is 224 g/mol. The predicted molar refractivity (Wildman–Crippen MR) is 70.2 cm³/mol. The molecule has 2 unspecified atom stereocenters. The van der Waals surface area contributed by atoms with Crippen LogP contribution in [0.5, 0.6) is 0 Å². The number of hydrogen-bond donors (Lipinski definition) is 1. The summed E-state index contributed by atoms with van der Waals surface area (Å²) < 4.78 is 0. The zero-order chi connectivity index (χ0) is 12.8. The molecule has 0 aromatic carbocycles. The normalized spacial score (nSPS) is 26.2. The molecule has 2 atom stereocenters. The van der Waals surface area contributed by atoms with Crippen molar-refractivity contribution in [2.45, 2.75) is 50.5 Å². The van der Waals surface area contributed by atoms with E-state index in [0.29, 0.717) is 5.92 Å². The first kappa shape index (κ1) is 11.8. The van der Waals surface area contributed by atoms with Crippen molar-refractivity contribution < 1.29 is 4.79 Å². The van der Waals surface area contributed by atoms with Crippen LogP contribution in [-0.4, -0.2) is 16.3 Å². The highest BCUT2D eigenvalue weighted by Gasteiger charge is 2.47. The molecule has 18 heavy (non-hydrogen) atoms. The summed E-state index contributed by atoms with van der Waals surface area (Å²) in [4.78, 5) is 17.1. The van der Waals surface area contributed by atoms with Gasteiger partial charge >= 0.3 is 0 Å².